The lowest BCUT2D eigenvalue weighted by molar-refractivity contribution is 0.174. The maximum Gasteiger partial charge on any atom is 0.231 e. The molecule has 0 amide bonds. The fraction of sp³-hybridized carbons (Fsp3) is 0.125. The number of ether oxygens (including phenoxy) is 2. The number of benzene rings is 1. The highest BCUT2D eigenvalue weighted by Gasteiger charge is 2.16. The molecule has 23 heavy (non-hydrogen) atoms. The van der Waals surface area contributed by atoms with E-state index in [-0.39, 0.29) is 19.2 Å². The van der Waals surface area contributed by atoms with Crippen molar-refractivity contribution in [2.45, 2.75) is 6.54 Å². The maximum atomic E-state index is 5.42. The predicted octanol–water partition coefficient (Wildman–Crippen LogP) is 3.23. The SMILES string of the molecule is Cl.c1ccc(NCc2cn[nH]c2-c2ccc3c(c2)OCO3)nc1. The molecule has 0 unspecified atom stereocenters. The predicted molar refractivity (Wildman–Crippen MR) is 89.0 cm³/mol. The van der Waals surface area contributed by atoms with Crippen molar-refractivity contribution in [1.82, 2.24) is 15.2 Å². The second-order valence-electron chi connectivity index (χ2n) is 4.91. The van der Waals surface area contributed by atoms with Crippen molar-refractivity contribution in [3.05, 3.63) is 54.4 Å². The molecule has 2 aromatic heterocycles. The minimum atomic E-state index is 0. The van der Waals surface area contributed by atoms with E-state index in [1.54, 1.807) is 6.20 Å². The van der Waals surface area contributed by atoms with E-state index in [1.807, 2.05) is 42.6 Å². The minimum absolute atomic E-state index is 0. The van der Waals surface area contributed by atoms with E-state index < -0.39 is 0 Å². The third kappa shape index (κ3) is 3.07. The molecule has 0 atom stereocenters. The summed E-state index contributed by atoms with van der Waals surface area (Å²) >= 11 is 0. The summed E-state index contributed by atoms with van der Waals surface area (Å²) in [6, 6.07) is 11.6. The van der Waals surface area contributed by atoms with Crippen molar-refractivity contribution in [2.75, 3.05) is 12.1 Å². The molecular weight excluding hydrogens is 316 g/mol. The van der Waals surface area contributed by atoms with Gasteiger partial charge >= 0.3 is 0 Å². The van der Waals surface area contributed by atoms with E-state index in [2.05, 4.69) is 20.5 Å². The zero-order chi connectivity index (χ0) is 14.8. The number of aromatic nitrogens is 3. The van der Waals surface area contributed by atoms with Crippen LogP contribution in [0.15, 0.2) is 48.8 Å². The summed E-state index contributed by atoms with van der Waals surface area (Å²) in [4.78, 5) is 4.25. The minimum Gasteiger partial charge on any atom is -0.454 e. The van der Waals surface area contributed by atoms with Crippen LogP contribution in [-0.4, -0.2) is 22.0 Å². The van der Waals surface area contributed by atoms with Gasteiger partial charge in [-0.1, -0.05) is 6.07 Å². The molecule has 0 saturated carbocycles. The van der Waals surface area contributed by atoms with E-state index in [9.17, 15) is 0 Å². The summed E-state index contributed by atoms with van der Waals surface area (Å²) in [5.74, 6) is 2.37. The van der Waals surface area contributed by atoms with Crippen molar-refractivity contribution < 1.29 is 9.47 Å². The lowest BCUT2D eigenvalue weighted by Crippen LogP contribution is -2.01. The molecule has 0 spiro atoms. The fourth-order valence-electron chi connectivity index (χ4n) is 2.40. The molecule has 1 aliphatic rings. The lowest BCUT2D eigenvalue weighted by Gasteiger charge is -2.07. The first-order valence-electron chi connectivity index (χ1n) is 6.97. The summed E-state index contributed by atoms with van der Waals surface area (Å²) in [6.07, 6.45) is 3.58. The van der Waals surface area contributed by atoms with Crippen molar-refractivity contribution in [3.63, 3.8) is 0 Å². The van der Waals surface area contributed by atoms with Crippen LogP contribution in [0.3, 0.4) is 0 Å². The van der Waals surface area contributed by atoms with Crippen LogP contribution in [0.1, 0.15) is 5.56 Å². The Labute approximate surface area is 139 Å². The third-order valence-electron chi connectivity index (χ3n) is 3.50. The second-order valence-corrected chi connectivity index (χ2v) is 4.91. The summed E-state index contributed by atoms with van der Waals surface area (Å²) in [7, 11) is 0. The highest BCUT2D eigenvalue weighted by Crippen LogP contribution is 2.36. The first-order chi connectivity index (χ1) is 10.9. The second kappa shape index (κ2) is 6.58. The largest absolute Gasteiger partial charge is 0.454 e. The van der Waals surface area contributed by atoms with Gasteiger partial charge in [0.25, 0.3) is 0 Å². The molecule has 1 aliphatic heterocycles. The topological polar surface area (TPSA) is 72.1 Å². The first kappa shape index (κ1) is 15.2. The highest BCUT2D eigenvalue weighted by atomic mass is 35.5. The molecule has 0 fully saturated rings. The summed E-state index contributed by atoms with van der Waals surface area (Å²) in [5, 5.41) is 10.5. The highest BCUT2D eigenvalue weighted by molar-refractivity contribution is 5.85. The number of hydrogen-bond acceptors (Lipinski definition) is 5. The van der Waals surface area contributed by atoms with Gasteiger partial charge in [-0.2, -0.15) is 5.10 Å². The number of halogens is 1. The van der Waals surface area contributed by atoms with E-state index in [0.717, 1.165) is 34.1 Å². The van der Waals surface area contributed by atoms with Crippen molar-refractivity contribution in [3.8, 4) is 22.8 Å². The van der Waals surface area contributed by atoms with Gasteiger partial charge < -0.3 is 14.8 Å². The zero-order valence-electron chi connectivity index (χ0n) is 12.2. The number of rotatable bonds is 4. The molecule has 7 heteroatoms. The van der Waals surface area contributed by atoms with Gasteiger partial charge in [0, 0.05) is 23.9 Å². The van der Waals surface area contributed by atoms with Gasteiger partial charge in [-0.15, -0.1) is 12.4 Å². The molecule has 3 aromatic rings. The summed E-state index contributed by atoms with van der Waals surface area (Å²) in [5.41, 5.74) is 3.03. The van der Waals surface area contributed by atoms with Crippen LogP contribution in [-0.2, 0) is 6.54 Å². The quantitative estimate of drug-likeness (QED) is 0.768. The molecule has 3 heterocycles. The Morgan fingerprint density at radius 2 is 2.04 bits per heavy atom. The fourth-order valence-corrected chi connectivity index (χ4v) is 2.40. The van der Waals surface area contributed by atoms with Crippen LogP contribution < -0.4 is 14.8 Å². The third-order valence-corrected chi connectivity index (χ3v) is 3.50. The molecule has 6 nitrogen and oxygen atoms in total. The van der Waals surface area contributed by atoms with Gasteiger partial charge in [-0.05, 0) is 30.3 Å². The Kier molecular flexibility index (Phi) is 4.34. The Balaban J connectivity index is 0.00000156. The van der Waals surface area contributed by atoms with Gasteiger partial charge in [0.2, 0.25) is 6.79 Å². The lowest BCUT2D eigenvalue weighted by atomic mass is 10.1. The number of aromatic amines is 1. The number of anilines is 1. The zero-order valence-corrected chi connectivity index (χ0v) is 13.0. The first-order valence-corrected chi connectivity index (χ1v) is 6.97. The van der Waals surface area contributed by atoms with Crippen LogP contribution in [0.2, 0.25) is 0 Å². The number of fused-ring (bicyclic) bond motifs is 1. The number of nitrogens with zero attached hydrogens (tertiary/aromatic N) is 2. The van der Waals surface area contributed by atoms with E-state index >= 15 is 0 Å². The average Bonchev–Trinajstić information content (AvgIpc) is 3.22. The Morgan fingerprint density at radius 3 is 2.91 bits per heavy atom. The van der Waals surface area contributed by atoms with E-state index in [4.69, 9.17) is 9.47 Å². The van der Waals surface area contributed by atoms with Gasteiger partial charge in [-0.25, -0.2) is 4.98 Å². The van der Waals surface area contributed by atoms with Crippen LogP contribution in [0.25, 0.3) is 11.3 Å². The smallest absolute Gasteiger partial charge is 0.231 e. The van der Waals surface area contributed by atoms with Crippen LogP contribution >= 0.6 is 12.4 Å². The van der Waals surface area contributed by atoms with Crippen LogP contribution in [0, 0.1) is 0 Å². The maximum absolute atomic E-state index is 5.42. The Bertz CT molecular complexity index is 792. The van der Waals surface area contributed by atoms with E-state index in [0.29, 0.717) is 6.54 Å². The van der Waals surface area contributed by atoms with Gasteiger partial charge in [0.05, 0.1) is 11.9 Å². The number of nitrogens with one attached hydrogen (secondary N) is 2. The van der Waals surface area contributed by atoms with E-state index in [1.165, 1.54) is 0 Å². The summed E-state index contributed by atoms with van der Waals surface area (Å²) in [6.45, 7) is 0.910. The van der Waals surface area contributed by atoms with Crippen LogP contribution in [0.4, 0.5) is 5.82 Å². The van der Waals surface area contributed by atoms with Gasteiger partial charge in [0.1, 0.15) is 5.82 Å². The van der Waals surface area contributed by atoms with Crippen molar-refractivity contribution in [1.29, 1.82) is 0 Å². The molecule has 0 aliphatic carbocycles. The molecule has 0 saturated heterocycles. The van der Waals surface area contributed by atoms with Gasteiger partial charge in [0.15, 0.2) is 11.5 Å². The van der Waals surface area contributed by atoms with Gasteiger partial charge in [-0.3, -0.25) is 5.10 Å². The Morgan fingerprint density at radius 1 is 1.13 bits per heavy atom. The van der Waals surface area contributed by atoms with Crippen molar-refractivity contribution >= 4 is 18.2 Å². The van der Waals surface area contributed by atoms with Crippen LogP contribution in [0.5, 0.6) is 11.5 Å². The Hall–Kier alpha value is -2.73. The molecule has 0 radical (unpaired) electrons. The molecule has 4 rings (SSSR count). The number of pyridine rings is 1. The number of H-pyrrole nitrogens is 1. The monoisotopic (exact) mass is 330 g/mol. The normalized spacial score (nSPS) is 11.8. The molecule has 1 aromatic carbocycles. The molecule has 0 bridgehead atoms. The molecular formula is C16H15ClN4O2. The molecule has 2 N–H and O–H groups in total. The number of hydrogen-bond donors (Lipinski definition) is 2. The average molecular weight is 331 g/mol. The standard InChI is InChI=1S/C16H14N4O2.ClH/c1-2-6-17-15(3-1)18-8-12-9-19-20-16(12)11-4-5-13-14(7-11)22-10-21-13;/h1-7,9H,8,10H2,(H,17,18)(H,19,20);1H. The molecule has 118 valence electrons. The summed E-state index contributed by atoms with van der Waals surface area (Å²) < 4.78 is 10.8. The van der Waals surface area contributed by atoms with Crippen molar-refractivity contribution in [2.24, 2.45) is 0 Å².